The zero-order valence-corrected chi connectivity index (χ0v) is 19.5. The summed E-state index contributed by atoms with van der Waals surface area (Å²) in [6.45, 7) is 0. The standard InChI is InChI=1S/C26H21ClF6N2O/c27-20-6-7-22(34-15-20)25(13-16-4-2-1-3-5-16,35-23(36)17-8-9-24(29,30)14-17)18-10-19(26(31,32)33)12-21(28)11-18/h1-7,10-12,15,17H,8-9,13-14H2,(H,35,36)/t17?,25-/m1/s1. The fourth-order valence-electron chi connectivity index (χ4n) is 4.54. The summed E-state index contributed by atoms with van der Waals surface area (Å²) in [4.78, 5) is 17.6. The number of hydrogen-bond donors (Lipinski definition) is 1. The highest BCUT2D eigenvalue weighted by Gasteiger charge is 2.46. The van der Waals surface area contributed by atoms with Crippen LogP contribution in [0, 0.1) is 11.7 Å². The van der Waals surface area contributed by atoms with Crippen LogP contribution >= 0.6 is 11.6 Å². The first kappa shape index (κ1) is 26.0. The van der Waals surface area contributed by atoms with Crippen molar-refractivity contribution >= 4 is 17.5 Å². The van der Waals surface area contributed by atoms with Gasteiger partial charge in [0, 0.05) is 31.4 Å². The van der Waals surface area contributed by atoms with E-state index in [1.165, 1.54) is 18.3 Å². The van der Waals surface area contributed by atoms with Gasteiger partial charge in [0.2, 0.25) is 11.8 Å². The number of amides is 1. The van der Waals surface area contributed by atoms with Crippen molar-refractivity contribution in [3.05, 3.63) is 100 Å². The Hall–Kier alpha value is -3.07. The minimum Gasteiger partial charge on any atom is -0.340 e. The molecule has 190 valence electrons. The number of hydrogen-bond acceptors (Lipinski definition) is 2. The molecule has 0 saturated heterocycles. The molecule has 4 rings (SSSR count). The number of carbonyl (C=O) groups excluding carboxylic acids is 1. The van der Waals surface area contributed by atoms with E-state index in [0.717, 1.165) is 12.1 Å². The molecule has 1 unspecified atom stereocenters. The highest BCUT2D eigenvalue weighted by molar-refractivity contribution is 6.30. The largest absolute Gasteiger partial charge is 0.416 e. The Morgan fingerprint density at radius 2 is 1.75 bits per heavy atom. The highest BCUT2D eigenvalue weighted by Crippen LogP contribution is 2.41. The Labute approximate surface area is 208 Å². The van der Waals surface area contributed by atoms with Crippen molar-refractivity contribution in [3.63, 3.8) is 0 Å². The van der Waals surface area contributed by atoms with Gasteiger partial charge in [-0.2, -0.15) is 13.2 Å². The molecule has 1 saturated carbocycles. The Morgan fingerprint density at radius 1 is 1.06 bits per heavy atom. The number of rotatable bonds is 6. The molecule has 0 spiro atoms. The summed E-state index contributed by atoms with van der Waals surface area (Å²) >= 11 is 5.98. The van der Waals surface area contributed by atoms with Crippen LogP contribution in [0.2, 0.25) is 5.02 Å². The normalized spacial score (nSPS) is 19.0. The van der Waals surface area contributed by atoms with Gasteiger partial charge in [-0.15, -0.1) is 0 Å². The topological polar surface area (TPSA) is 42.0 Å². The van der Waals surface area contributed by atoms with Crippen molar-refractivity contribution < 1.29 is 31.1 Å². The molecular weight excluding hydrogens is 506 g/mol. The number of alkyl halides is 5. The van der Waals surface area contributed by atoms with E-state index in [1.807, 2.05) is 0 Å². The summed E-state index contributed by atoms with van der Waals surface area (Å²) in [5.74, 6) is -6.05. The third-order valence-electron chi connectivity index (χ3n) is 6.31. The number of halogens is 7. The van der Waals surface area contributed by atoms with Gasteiger partial charge in [-0.1, -0.05) is 41.9 Å². The second-order valence-electron chi connectivity index (χ2n) is 8.94. The molecule has 0 aliphatic heterocycles. The number of aromatic nitrogens is 1. The Bertz CT molecular complexity index is 1230. The molecule has 0 bridgehead atoms. The molecule has 36 heavy (non-hydrogen) atoms. The fourth-order valence-corrected chi connectivity index (χ4v) is 4.65. The van der Waals surface area contributed by atoms with Crippen LogP contribution in [-0.4, -0.2) is 16.8 Å². The van der Waals surface area contributed by atoms with E-state index in [9.17, 15) is 31.1 Å². The lowest BCUT2D eigenvalue weighted by Crippen LogP contribution is -2.51. The number of nitrogens with one attached hydrogen (secondary N) is 1. The van der Waals surface area contributed by atoms with Gasteiger partial charge in [-0.25, -0.2) is 13.2 Å². The third kappa shape index (κ3) is 5.67. The van der Waals surface area contributed by atoms with E-state index < -0.39 is 53.7 Å². The summed E-state index contributed by atoms with van der Waals surface area (Å²) in [7, 11) is 0. The van der Waals surface area contributed by atoms with E-state index in [4.69, 9.17) is 11.6 Å². The van der Waals surface area contributed by atoms with Crippen molar-refractivity contribution in [3.8, 4) is 0 Å². The fraction of sp³-hybridized carbons (Fsp3) is 0.308. The Balaban J connectivity index is 1.92. The SMILES string of the molecule is O=C(N[C@](Cc1ccccc1)(c1cc(F)cc(C(F)(F)F)c1)c1ccc(Cl)cn1)C1CCC(F)(F)C1. The lowest BCUT2D eigenvalue weighted by atomic mass is 9.79. The molecule has 3 nitrogen and oxygen atoms in total. The molecule has 1 aliphatic rings. The number of benzene rings is 2. The Morgan fingerprint density at radius 3 is 2.33 bits per heavy atom. The van der Waals surface area contributed by atoms with Gasteiger partial charge >= 0.3 is 6.18 Å². The monoisotopic (exact) mass is 526 g/mol. The summed E-state index contributed by atoms with van der Waals surface area (Å²) in [6.07, 6.45) is -5.01. The lowest BCUT2D eigenvalue weighted by molar-refractivity contribution is -0.137. The van der Waals surface area contributed by atoms with E-state index >= 15 is 0 Å². The van der Waals surface area contributed by atoms with Crippen LogP contribution in [0.5, 0.6) is 0 Å². The molecule has 10 heteroatoms. The smallest absolute Gasteiger partial charge is 0.340 e. The van der Waals surface area contributed by atoms with Crippen LogP contribution in [0.15, 0.2) is 66.9 Å². The maximum Gasteiger partial charge on any atom is 0.416 e. The molecule has 1 aliphatic carbocycles. The number of carbonyl (C=O) groups is 1. The van der Waals surface area contributed by atoms with Crippen LogP contribution in [0.1, 0.15) is 41.6 Å². The molecule has 1 aromatic heterocycles. The molecule has 1 heterocycles. The quantitative estimate of drug-likeness (QED) is 0.354. The van der Waals surface area contributed by atoms with Crippen molar-refractivity contribution in [1.82, 2.24) is 10.3 Å². The zero-order valence-electron chi connectivity index (χ0n) is 18.8. The molecule has 1 amide bonds. The number of pyridine rings is 1. The van der Waals surface area contributed by atoms with E-state index in [-0.39, 0.29) is 29.1 Å². The Kier molecular flexibility index (Phi) is 7.05. The van der Waals surface area contributed by atoms with Crippen LogP contribution in [-0.2, 0) is 22.9 Å². The molecule has 0 radical (unpaired) electrons. The number of nitrogens with zero attached hydrogens (tertiary/aromatic N) is 1. The first-order valence-electron chi connectivity index (χ1n) is 11.1. The van der Waals surface area contributed by atoms with Gasteiger partial charge < -0.3 is 5.32 Å². The van der Waals surface area contributed by atoms with Crippen molar-refractivity contribution in [2.24, 2.45) is 5.92 Å². The first-order valence-corrected chi connectivity index (χ1v) is 11.5. The van der Waals surface area contributed by atoms with Crippen molar-refractivity contribution in [1.29, 1.82) is 0 Å². The predicted octanol–water partition coefficient (Wildman–Crippen LogP) is 6.93. The summed E-state index contributed by atoms with van der Waals surface area (Å²) < 4.78 is 83.3. The average molecular weight is 527 g/mol. The van der Waals surface area contributed by atoms with Crippen molar-refractivity contribution in [2.75, 3.05) is 0 Å². The second-order valence-corrected chi connectivity index (χ2v) is 9.38. The minimum absolute atomic E-state index is 0.0765. The van der Waals surface area contributed by atoms with Crippen LogP contribution < -0.4 is 5.32 Å². The summed E-state index contributed by atoms with van der Waals surface area (Å²) in [6, 6.07) is 13.3. The summed E-state index contributed by atoms with van der Waals surface area (Å²) in [5, 5.41) is 2.93. The van der Waals surface area contributed by atoms with Gasteiger partial charge in [0.1, 0.15) is 11.4 Å². The zero-order chi connectivity index (χ0) is 26.1. The molecular formula is C26H21ClF6N2O. The van der Waals surface area contributed by atoms with Gasteiger partial charge in [-0.3, -0.25) is 9.78 Å². The molecule has 1 N–H and O–H groups in total. The van der Waals surface area contributed by atoms with Crippen LogP contribution in [0.25, 0.3) is 0 Å². The van der Waals surface area contributed by atoms with Gasteiger partial charge in [-0.05, 0) is 47.9 Å². The molecule has 3 aromatic rings. The van der Waals surface area contributed by atoms with E-state index in [0.29, 0.717) is 11.6 Å². The lowest BCUT2D eigenvalue weighted by Gasteiger charge is -2.36. The molecule has 2 aromatic carbocycles. The molecule has 1 fully saturated rings. The second kappa shape index (κ2) is 9.76. The van der Waals surface area contributed by atoms with Crippen LogP contribution in [0.3, 0.4) is 0 Å². The van der Waals surface area contributed by atoms with E-state index in [2.05, 4.69) is 10.3 Å². The van der Waals surface area contributed by atoms with Crippen LogP contribution in [0.4, 0.5) is 26.3 Å². The first-order chi connectivity index (χ1) is 16.9. The minimum atomic E-state index is -4.87. The highest BCUT2D eigenvalue weighted by atomic mass is 35.5. The van der Waals surface area contributed by atoms with Gasteiger partial charge in [0.15, 0.2) is 0 Å². The third-order valence-corrected chi connectivity index (χ3v) is 6.53. The predicted molar refractivity (Wildman–Crippen MR) is 122 cm³/mol. The maximum atomic E-state index is 14.6. The van der Waals surface area contributed by atoms with Gasteiger partial charge in [0.25, 0.3) is 0 Å². The van der Waals surface area contributed by atoms with Crippen molar-refractivity contribution in [2.45, 2.75) is 43.3 Å². The average Bonchev–Trinajstić information content (AvgIpc) is 3.18. The summed E-state index contributed by atoms with van der Waals surface area (Å²) in [5.41, 5.74) is -2.64. The maximum absolute atomic E-state index is 14.6. The van der Waals surface area contributed by atoms with E-state index in [1.54, 1.807) is 30.3 Å². The van der Waals surface area contributed by atoms with Gasteiger partial charge in [0.05, 0.1) is 16.3 Å². The molecule has 2 atom stereocenters.